The Morgan fingerprint density at radius 1 is 1.43 bits per heavy atom. The number of aromatic nitrogens is 2. The second-order valence-electron chi connectivity index (χ2n) is 6.01. The number of rotatable bonds is 3. The van der Waals surface area contributed by atoms with Crippen LogP contribution in [0.1, 0.15) is 44.9 Å². The summed E-state index contributed by atoms with van der Waals surface area (Å²) in [5, 5.41) is 0. The standard InChI is InChI=1S/C15H22N2O4/c1-4-10-11-13(21-15(10,5-2)6-7-20-11)17-8-9(3)12(18)16-14(17)19/h8,10-11,13H,4-7H2,1-3H3,(H,16,18,19)/t10-,11?,13-,15+/m1/s1. The number of aromatic amines is 1. The van der Waals surface area contributed by atoms with Crippen molar-refractivity contribution in [1.82, 2.24) is 9.55 Å². The van der Waals surface area contributed by atoms with Gasteiger partial charge in [-0.15, -0.1) is 0 Å². The van der Waals surface area contributed by atoms with Gasteiger partial charge in [0, 0.05) is 30.7 Å². The maximum Gasteiger partial charge on any atom is 0.330 e. The van der Waals surface area contributed by atoms with Crippen molar-refractivity contribution in [2.24, 2.45) is 5.92 Å². The Kier molecular flexibility index (Phi) is 3.53. The summed E-state index contributed by atoms with van der Waals surface area (Å²) in [5.74, 6) is 0.278. The molecule has 21 heavy (non-hydrogen) atoms. The first kappa shape index (κ1) is 14.5. The lowest BCUT2D eigenvalue weighted by atomic mass is 9.78. The van der Waals surface area contributed by atoms with Gasteiger partial charge < -0.3 is 9.47 Å². The van der Waals surface area contributed by atoms with Gasteiger partial charge in [0.05, 0.1) is 5.60 Å². The van der Waals surface area contributed by atoms with Crippen LogP contribution in [0.25, 0.3) is 0 Å². The van der Waals surface area contributed by atoms with Gasteiger partial charge in [-0.3, -0.25) is 14.3 Å². The van der Waals surface area contributed by atoms with Crippen LogP contribution >= 0.6 is 0 Å². The molecule has 1 aromatic heterocycles. The van der Waals surface area contributed by atoms with Crippen LogP contribution in [0.4, 0.5) is 0 Å². The summed E-state index contributed by atoms with van der Waals surface area (Å²) >= 11 is 0. The monoisotopic (exact) mass is 294 g/mol. The lowest BCUT2D eigenvalue weighted by Crippen LogP contribution is -2.44. The fourth-order valence-electron chi connectivity index (χ4n) is 3.82. The van der Waals surface area contributed by atoms with Crippen LogP contribution in [0.2, 0.25) is 0 Å². The number of ether oxygens (including phenoxy) is 2. The molecule has 2 saturated heterocycles. The summed E-state index contributed by atoms with van der Waals surface area (Å²) in [4.78, 5) is 26.0. The summed E-state index contributed by atoms with van der Waals surface area (Å²) in [6.07, 6.45) is 3.69. The van der Waals surface area contributed by atoms with Crippen LogP contribution in [0, 0.1) is 12.8 Å². The first-order valence-electron chi connectivity index (χ1n) is 7.64. The third-order valence-corrected chi connectivity index (χ3v) is 5.00. The number of nitrogens with zero attached hydrogens (tertiary/aromatic N) is 1. The molecule has 6 heteroatoms. The lowest BCUT2D eigenvalue weighted by Gasteiger charge is -2.37. The Morgan fingerprint density at radius 2 is 2.19 bits per heavy atom. The van der Waals surface area contributed by atoms with Gasteiger partial charge in [0.2, 0.25) is 0 Å². The molecule has 116 valence electrons. The highest BCUT2D eigenvalue weighted by atomic mass is 16.6. The molecule has 0 amide bonds. The van der Waals surface area contributed by atoms with Gasteiger partial charge in [0.1, 0.15) is 6.10 Å². The minimum absolute atomic E-state index is 0.133. The maximum atomic E-state index is 12.1. The molecule has 2 fully saturated rings. The quantitative estimate of drug-likeness (QED) is 0.913. The Hall–Kier alpha value is -1.40. The van der Waals surface area contributed by atoms with E-state index >= 15 is 0 Å². The van der Waals surface area contributed by atoms with E-state index in [0.717, 1.165) is 19.3 Å². The fourth-order valence-corrected chi connectivity index (χ4v) is 3.82. The number of fused-ring (bicyclic) bond motifs is 2. The minimum atomic E-state index is -0.458. The fraction of sp³-hybridized carbons (Fsp3) is 0.733. The molecule has 1 N–H and O–H groups in total. The predicted molar refractivity (Wildman–Crippen MR) is 77.3 cm³/mol. The van der Waals surface area contributed by atoms with Crippen molar-refractivity contribution in [3.8, 4) is 0 Å². The molecule has 1 aromatic rings. The third-order valence-electron chi connectivity index (χ3n) is 5.00. The van der Waals surface area contributed by atoms with Crippen molar-refractivity contribution in [1.29, 1.82) is 0 Å². The highest BCUT2D eigenvalue weighted by Crippen LogP contribution is 2.51. The molecule has 0 aromatic carbocycles. The summed E-state index contributed by atoms with van der Waals surface area (Å²) < 4.78 is 13.7. The van der Waals surface area contributed by atoms with Crippen LogP contribution < -0.4 is 11.2 Å². The molecule has 6 nitrogen and oxygen atoms in total. The SMILES string of the molecule is CC[C@@H]1C2OCC[C@]1(CC)O[C@H]2n1cc(C)c(=O)[nH]c1=O. The molecule has 2 aliphatic rings. The van der Waals surface area contributed by atoms with E-state index in [1.54, 1.807) is 13.1 Å². The second kappa shape index (κ2) is 5.10. The molecule has 0 spiro atoms. The summed E-state index contributed by atoms with van der Waals surface area (Å²) in [6, 6.07) is 0. The average molecular weight is 294 g/mol. The molecular weight excluding hydrogens is 272 g/mol. The van der Waals surface area contributed by atoms with Crippen molar-refractivity contribution in [2.45, 2.75) is 58.0 Å². The molecule has 4 atom stereocenters. The summed E-state index contributed by atoms with van der Waals surface area (Å²) in [6.45, 7) is 6.59. The van der Waals surface area contributed by atoms with Gasteiger partial charge in [-0.1, -0.05) is 13.8 Å². The van der Waals surface area contributed by atoms with E-state index in [9.17, 15) is 9.59 Å². The zero-order valence-corrected chi connectivity index (χ0v) is 12.7. The van der Waals surface area contributed by atoms with E-state index in [4.69, 9.17) is 9.47 Å². The normalized spacial score (nSPS) is 35.1. The summed E-state index contributed by atoms with van der Waals surface area (Å²) in [7, 11) is 0. The van der Waals surface area contributed by atoms with Gasteiger partial charge >= 0.3 is 5.69 Å². The Labute approximate surface area is 123 Å². The van der Waals surface area contributed by atoms with Crippen molar-refractivity contribution in [3.63, 3.8) is 0 Å². The zero-order valence-electron chi connectivity index (χ0n) is 12.7. The number of nitrogens with one attached hydrogen (secondary N) is 1. The number of hydrogen-bond acceptors (Lipinski definition) is 4. The van der Waals surface area contributed by atoms with Gasteiger partial charge in [0.15, 0.2) is 6.23 Å². The Bertz CT molecular complexity index is 650. The van der Waals surface area contributed by atoms with E-state index in [1.807, 2.05) is 0 Å². The highest BCUT2D eigenvalue weighted by Gasteiger charge is 2.56. The van der Waals surface area contributed by atoms with Crippen LogP contribution in [0.5, 0.6) is 0 Å². The Morgan fingerprint density at radius 3 is 2.81 bits per heavy atom. The smallest absolute Gasteiger partial charge is 0.330 e. The van der Waals surface area contributed by atoms with Crippen molar-refractivity contribution in [3.05, 3.63) is 32.6 Å². The first-order valence-corrected chi connectivity index (χ1v) is 7.64. The van der Waals surface area contributed by atoms with Crippen LogP contribution in [0.15, 0.2) is 15.8 Å². The van der Waals surface area contributed by atoms with E-state index in [-0.39, 0.29) is 23.2 Å². The maximum absolute atomic E-state index is 12.1. The molecule has 3 rings (SSSR count). The Balaban J connectivity index is 2.07. The van der Waals surface area contributed by atoms with E-state index in [0.29, 0.717) is 12.2 Å². The van der Waals surface area contributed by atoms with Gasteiger partial charge in [-0.2, -0.15) is 0 Å². The van der Waals surface area contributed by atoms with Gasteiger partial charge in [0.25, 0.3) is 5.56 Å². The van der Waals surface area contributed by atoms with Crippen LogP contribution in [0.3, 0.4) is 0 Å². The van der Waals surface area contributed by atoms with Gasteiger partial charge in [-0.05, 0) is 19.8 Å². The minimum Gasteiger partial charge on any atom is -0.373 e. The topological polar surface area (TPSA) is 73.3 Å². The summed E-state index contributed by atoms with van der Waals surface area (Å²) in [5.41, 5.74) is -0.507. The van der Waals surface area contributed by atoms with E-state index < -0.39 is 11.9 Å². The van der Waals surface area contributed by atoms with Crippen molar-refractivity contribution >= 4 is 0 Å². The van der Waals surface area contributed by atoms with Crippen molar-refractivity contribution in [2.75, 3.05) is 6.61 Å². The molecule has 0 radical (unpaired) electrons. The predicted octanol–water partition coefficient (Wildman–Crippen LogP) is 1.34. The number of hydrogen-bond donors (Lipinski definition) is 1. The highest BCUT2D eigenvalue weighted by molar-refractivity contribution is 5.06. The first-order chi connectivity index (χ1) is 10.0. The molecule has 0 saturated carbocycles. The second-order valence-corrected chi connectivity index (χ2v) is 6.01. The van der Waals surface area contributed by atoms with Crippen LogP contribution in [-0.2, 0) is 9.47 Å². The average Bonchev–Trinajstić information content (AvgIpc) is 2.65. The molecule has 3 heterocycles. The van der Waals surface area contributed by atoms with E-state index in [2.05, 4.69) is 18.8 Å². The molecule has 0 aliphatic carbocycles. The van der Waals surface area contributed by atoms with Crippen molar-refractivity contribution < 1.29 is 9.47 Å². The molecular formula is C15H22N2O4. The number of H-pyrrole nitrogens is 1. The largest absolute Gasteiger partial charge is 0.373 e. The lowest BCUT2D eigenvalue weighted by molar-refractivity contribution is -0.0918. The number of aryl methyl sites for hydroxylation is 1. The van der Waals surface area contributed by atoms with Crippen LogP contribution in [-0.4, -0.2) is 27.9 Å². The van der Waals surface area contributed by atoms with Gasteiger partial charge in [-0.25, -0.2) is 4.79 Å². The van der Waals surface area contributed by atoms with E-state index in [1.165, 1.54) is 4.57 Å². The molecule has 2 aliphatic heterocycles. The third kappa shape index (κ3) is 2.08. The molecule has 1 unspecified atom stereocenters. The molecule has 2 bridgehead atoms. The zero-order chi connectivity index (χ0) is 15.2.